The summed E-state index contributed by atoms with van der Waals surface area (Å²) in [6, 6.07) is 15.6. The van der Waals surface area contributed by atoms with Crippen LogP contribution in [0.1, 0.15) is 42.4 Å². The summed E-state index contributed by atoms with van der Waals surface area (Å²) in [5, 5.41) is 0. The molecule has 0 radical (unpaired) electrons. The second-order valence-corrected chi connectivity index (χ2v) is 15.5. The zero-order valence-electron chi connectivity index (χ0n) is 12.7. The van der Waals surface area contributed by atoms with Gasteiger partial charge >= 0.3 is 149 Å². The Balaban J connectivity index is 1.58. The van der Waals surface area contributed by atoms with Crippen molar-refractivity contribution in [1.29, 1.82) is 0 Å². The number of hydrogen-bond donors (Lipinski definition) is 0. The van der Waals surface area contributed by atoms with Crippen molar-refractivity contribution in [1.82, 2.24) is 0 Å². The average molecular weight is 412 g/mol. The Morgan fingerprint density at radius 2 is 1.59 bits per heavy atom. The minimum absolute atomic E-state index is 1.11. The predicted octanol–water partition coefficient (Wildman–Crippen LogP) is 6.70. The SMILES string of the molecule is [Cl][Zr]([Cl])[CH2]CCCCCc1cccc2c1Cc1ccccc1-2. The Morgan fingerprint density at radius 1 is 0.818 bits per heavy atom. The molecule has 115 valence electrons. The van der Waals surface area contributed by atoms with Gasteiger partial charge in [0.1, 0.15) is 0 Å². The van der Waals surface area contributed by atoms with E-state index in [1.807, 2.05) is 0 Å². The van der Waals surface area contributed by atoms with Crippen LogP contribution in [0.25, 0.3) is 11.1 Å². The van der Waals surface area contributed by atoms with Crippen molar-refractivity contribution in [3.05, 3.63) is 59.2 Å². The van der Waals surface area contributed by atoms with Crippen molar-refractivity contribution < 1.29 is 19.4 Å². The van der Waals surface area contributed by atoms with E-state index in [0.717, 1.165) is 10.5 Å². The summed E-state index contributed by atoms with van der Waals surface area (Å²) >= 11 is -1.88. The van der Waals surface area contributed by atoms with E-state index in [1.54, 1.807) is 11.1 Å². The van der Waals surface area contributed by atoms with Crippen LogP contribution in [0.15, 0.2) is 42.5 Å². The van der Waals surface area contributed by atoms with Gasteiger partial charge in [-0.1, -0.05) is 0 Å². The van der Waals surface area contributed by atoms with E-state index in [1.165, 1.54) is 48.8 Å². The summed E-state index contributed by atoms with van der Waals surface area (Å²) in [6.45, 7) is 0. The first-order valence-electron chi connectivity index (χ1n) is 8.11. The molecule has 0 amide bonds. The molecule has 1 aliphatic rings. The van der Waals surface area contributed by atoms with Crippen LogP contribution in [0.4, 0.5) is 0 Å². The molecule has 2 aromatic rings. The molecule has 0 saturated heterocycles. The first-order chi connectivity index (χ1) is 10.8. The third-order valence-corrected chi connectivity index (χ3v) is 8.54. The number of aryl methyl sites for hydroxylation is 1. The van der Waals surface area contributed by atoms with Gasteiger partial charge in [0.15, 0.2) is 0 Å². The van der Waals surface area contributed by atoms with Crippen molar-refractivity contribution in [2.24, 2.45) is 0 Å². The van der Waals surface area contributed by atoms with Crippen molar-refractivity contribution in [2.75, 3.05) is 0 Å². The van der Waals surface area contributed by atoms with Crippen LogP contribution < -0.4 is 0 Å². The van der Waals surface area contributed by atoms with E-state index >= 15 is 0 Å². The van der Waals surface area contributed by atoms with Crippen molar-refractivity contribution in [3.63, 3.8) is 0 Å². The topological polar surface area (TPSA) is 0 Å². The first-order valence-corrected chi connectivity index (χ1v) is 16.2. The van der Waals surface area contributed by atoms with E-state index in [9.17, 15) is 0 Å². The molecule has 0 spiro atoms. The van der Waals surface area contributed by atoms with Crippen LogP contribution in [0, 0.1) is 0 Å². The average Bonchev–Trinajstić information content (AvgIpc) is 2.90. The number of halogens is 2. The molecule has 0 aromatic heterocycles. The molecular formula is C19H21Cl2Zr. The number of unbranched alkanes of at least 4 members (excludes halogenated alkanes) is 3. The third-order valence-electron chi connectivity index (χ3n) is 4.51. The van der Waals surface area contributed by atoms with Crippen LogP contribution in [0.5, 0.6) is 0 Å². The van der Waals surface area contributed by atoms with Gasteiger partial charge in [0.25, 0.3) is 0 Å². The van der Waals surface area contributed by atoms with E-state index in [-0.39, 0.29) is 0 Å². The van der Waals surface area contributed by atoms with Crippen molar-refractivity contribution in [3.8, 4) is 11.1 Å². The maximum atomic E-state index is 5.96. The molecule has 0 heterocycles. The number of fused-ring (bicyclic) bond motifs is 3. The van der Waals surface area contributed by atoms with Crippen molar-refractivity contribution >= 4 is 17.0 Å². The molecule has 1 aliphatic carbocycles. The summed E-state index contributed by atoms with van der Waals surface area (Å²) in [5.41, 5.74) is 7.46. The van der Waals surface area contributed by atoms with Gasteiger partial charge < -0.3 is 0 Å². The fourth-order valence-electron chi connectivity index (χ4n) is 3.39. The monoisotopic (exact) mass is 409 g/mol. The molecule has 0 saturated carbocycles. The van der Waals surface area contributed by atoms with Crippen molar-refractivity contribution in [2.45, 2.75) is 42.7 Å². The maximum absolute atomic E-state index is 5.96. The minimum atomic E-state index is -1.88. The molecule has 3 heteroatoms. The van der Waals surface area contributed by atoms with Crippen LogP contribution in [-0.4, -0.2) is 0 Å². The Labute approximate surface area is 148 Å². The van der Waals surface area contributed by atoms with Crippen LogP contribution in [0.2, 0.25) is 4.13 Å². The summed E-state index contributed by atoms with van der Waals surface area (Å²) in [4.78, 5) is 0. The Kier molecular flexibility index (Phi) is 6.19. The molecule has 0 atom stereocenters. The summed E-state index contributed by atoms with van der Waals surface area (Å²) in [6.07, 6.45) is 7.37. The Bertz CT molecular complexity index is 637. The quantitative estimate of drug-likeness (QED) is 0.379. The second kappa shape index (κ2) is 8.14. The van der Waals surface area contributed by atoms with Gasteiger partial charge in [-0.15, -0.1) is 0 Å². The summed E-state index contributed by atoms with van der Waals surface area (Å²) < 4.78 is 1.11. The van der Waals surface area contributed by atoms with Gasteiger partial charge in [-0.3, -0.25) is 0 Å². The Hall–Kier alpha value is -0.0969. The first kappa shape index (κ1) is 16.8. The molecular weight excluding hydrogens is 390 g/mol. The van der Waals surface area contributed by atoms with E-state index in [0.29, 0.717) is 0 Å². The third kappa shape index (κ3) is 4.05. The fourth-order valence-corrected chi connectivity index (χ4v) is 6.24. The Morgan fingerprint density at radius 3 is 2.45 bits per heavy atom. The fraction of sp³-hybridized carbons (Fsp3) is 0.368. The molecule has 2 aromatic carbocycles. The molecule has 0 aliphatic heterocycles. The van der Waals surface area contributed by atoms with Gasteiger partial charge in [0.2, 0.25) is 0 Å². The van der Waals surface area contributed by atoms with Gasteiger partial charge in [-0.25, -0.2) is 0 Å². The molecule has 0 unspecified atom stereocenters. The molecule has 0 nitrogen and oxygen atoms in total. The predicted molar refractivity (Wildman–Crippen MR) is 93.4 cm³/mol. The molecule has 0 N–H and O–H groups in total. The zero-order valence-corrected chi connectivity index (χ0v) is 16.7. The van der Waals surface area contributed by atoms with Crippen LogP contribution in [0.3, 0.4) is 0 Å². The van der Waals surface area contributed by atoms with E-state index in [2.05, 4.69) is 42.5 Å². The van der Waals surface area contributed by atoms with Gasteiger partial charge in [-0.05, 0) is 0 Å². The normalized spacial score (nSPS) is 12.1. The molecule has 0 bridgehead atoms. The van der Waals surface area contributed by atoms with E-state index in [4.69, 9.17) is 17.0 Å². The van der Waals surface area contributed by atoms with Crippen LogP contribution in [-0.2, 0) is 32.2 Å². The molecule has 22 heavy (non-hydrogen) atoms. The summed E-state index contributed by atoms with van der Waals surface area (Å²) in [5.74, 6) is 0. The number of hydrogen-bond acceptors (Lipinski definition) is 0. The zero-order chi connectivity index (χ0) is 15.4. The second-order valence-electron chi connectivity index (χ2n) is 6.03. The van der Waals surface area contributed by atoms with Gasteiger partial charge in [0.05, 0.1) is 0 Å². The van der Waals surface area contributed by atoms with E-state index < -0.39 is 19.4 Å². The molecule has 0 fully saturated rings. The standard InChI is InChI=1S/C19H21.2ClH.Zr/c1-2-3-4-5-9-15-11-8-13-18-17-12-7-6-10-16(17)14-19(15)18;;;/h6-8,10-13H,1-5,9,14H2;2*1H;/q;;;+2/p-2. The number of benzene rings is 2. The summed E-state index contributed by atoms with van der Waals surface area (Å²) in [7, 11) is 11.9. The van der Waals surface area contributed by atoms with Gasteiger partial charge in [-0.2, -0.15) is 0 Å². The molecule has 3 rings (SSSR count). The van der Waals surface area contributed by atoms with Crippen LogP contribution >= 0.6 is 17.0 Å². The van der Waals surface area contributed by atoms with Gasteiger partial charge in [0, 0.05) is 0 Å². The number of rotatable bonds is 7.